The Kier molecular flexibility index (Phi) is 3.27. The topological polar surface area (TPSA) is 40.6 Å². The van der Waals surface area contributed by atoms with Gasteiger partial charge < -0.3 is 9.80 Å². The van der Waals surface area contributed by atoms with Crippen molar-refractivity contribution in [2.24, 2.45) is 0 Å². The number of carbonyl (C=O) groups excluding carboxylic acids is 2. The molecular formula is C19H18N2O2. The Hall–Kier alpha value is -2.46. The third-order valence-electron chi connectivity index (χ3n) is 4.76. The summed E-state index contributed by atoms with van der Waals surface area (Å²) in [4.78, 5) is 29.3. The second-order valence-corrected chi connectivity index (χ2v) is 6.23. The molecule has 2 aromatic rings. The van der Waals surface area contributed by atoms with Gasteiger partial charge in [0.1, 0.15) is 0 Å². The van der Waals surface area contributed by atoms with E-state index in [0.29, 0.717) is 11.1 Å². The molecule has 4 nitrogen and oxygen atoms in total. The monoisotopic (exact) mass is 306 g/mol. The molecule has 2 aliphatic rings. The molecule has 1 aliphatic carbocycles. The van der Waals surface area contributed by atoms with Crippen LogP contribution in [0.4, 0.5) is 0 Å². The summed E-state index contributed by atoms with van der Waals surface area (Å²) in [6, 6.07) is 13.1. The van der Waals surface area contributed by atoms with Crippen LogP contribution in [0.15, 0.2) is 42.5 Å². The number of ketones is 1. The van der Waals surface area contributed by atoms with Crippen LogP contribution in [0.2, 0.25) is 0 Å². The van der Waals surface area contributed by atoms with E-state index in [4.69, 9.17) is 0 Å². The molecule has 0 atom stereocenters. The molecular weight excluding hydrogens is 288 g/mol. The molecule has 1 amide bonds. The number of fused-ring (bicyclic) bond motifs is 3. The predicted octanol–water partition coefficient (Wildman–Crippen LogP) is 2.29. The normalized spacial score (nSPS) is 17.1. The fourth-order valence-electron chi connectivity index (χ4n) is 3.35. The smallest absolute Gasteiger partial charge is 0.253 e. The van der Waals surface area contributed by atoms with Crippen LogP contribution in [-0.4, -0.2) is 54.7 Å². The number of piperazine rings is 1. The molecule has 1 heterocycles. The third-order valence-corrected chi connectivity index (χ3v) is 4.76. The van der Waals surface area contributed by atoms with Gasteiger partial charge in [0.15, 0.2) is 5.78 Å². The molecule has 0 saturated carbocycles. The first-order valence-corrected chi connectivity index (χ1v) is 7.91. The fourth-order valence-corrected chi connectivity index (χ4v) is 3.35. The lowest BCUT2D eigenvalue weighted by Crippen LogP contribution is -2.47. The Morgan fingerprint density at radius 3 is 2.26 bits per heavy atom. The van der Waals surface area contributed by atoms with E-state index in [9.17, 15) is 9.59 Å². The van der Waals surface area contributed by atoms with E-state index in [1.54, 1.807) is 6.07 Å². The maximum atomic E-state index is 12.7. The van der Waals surface area contributed by atoms with Gasteiger partial charge in [-0.15, -0.1) is 0 Å². The quantitative estimate of drug-likeness (QED) is 0.692. The Morgan fingerprint density at radius 1 is 0.870 bits per heavy atom. The number of hydrogen-bond donors (Lipinski definition) is 0. The molecule has 0 N–H and O–H groups in total. The van der Waals surface area contributed by atoms with Gasteiger partial charge in [0.25, 0.3) is 5.91 Å². The summed E-state index contributed by atoms with van der Waals surface area (Å²) in [6.45, 7) is 3.25. The number of carbonyl (C=O) groups is 2. The van der Waals surface area contributed by atoms with Crippen molar-refractivity contribution in [2.45, 2.75) is 0 Å². The molecule has 0 radical (unpaired) electrons. The number of benzene rings is 2. The van der Waals surface area contributed by atoms with Gasteiger partial charge in [-0.1, -0.05) is 30.3 Å². The summed E-state index contributed by atoms with van der Waals surface area (Å²) in [6.07, 6.45) is 0. The van der Waals surface area contributed by atoms with Gasteiger partial charge in [-0.3, -0.25) is 9.59 Å². The van der Waals surface area contributed by atoms with Crippen LogP contribution >= 0.6 is 0 Å². The minimum atomic E-state index is 0.0172. The highest BCUT2D eigenvalue weighted by Crippen LogP contribution is 2.36. The number of hydrogen-bond acceptors (Lipinski definition) is 3. The summed E-state index contributed by atoms with van der Waals surface area (Å²) >= 11 is 0. The number of amides is 1. The van der Waals surface area contributed by atoms with Crippen LogP contribution in [0.1, 0.15) is 26.3 Å². The van der Waals surface area contributed by atoms with Crippen molar-refractivity contribution in [3.8, 4) is 11.1 Å². The van der Waals surface area contributed by atoms with E-state index >= 15 is 0 Å². The second-order valence-electron chi connectivity index (χ2n) is 6.23. The van der Waals surface area contributed by atoms with E-state index in [1.807, 2.05) is 41.3 Å². The van der Waals surface area contributed by atoms with Crippen molar-refractivity contribution < 1.29 is 9.59 Å². The SMILES string of the molecule is CN1CCN(C(=O)c2ccc3c(c2)C(=O)c2ccccc2-3)CC1. The Labute approximate surface area is 135 Å². The molecule has 4 rings (SSSR count). The zero-order chi connectivity index (χ0) is 16.0. The third kappa shape index (κ3) is 2.26. The first kappa shape index (κ1) is 14.2. The number of likely N-dealkylation sites (N-methyl/N-ethyl adjacent to an activating group) is 1. The highest BCUT2D eigenvalue weighted by atomic mass is 16.2. The summed E-state index contributed by atoms with van der Waals surface area (Å²) in [7, 11) is 2.06. The minimum absolute atomic E-state index is 0.0172. The van der Waals surface area contributed by atoms with Gasteiger partial charge >= 0.3 is 0 Å². The summed E-state index contributed by atoms with van der Waals surface area (Å²) < 4.78 is 0. The first-order valence-electron chi connectivity index (χ1n) is 7.91. The molecule has 4 heteroatoms. The summed E-state index contributed by atoms with van der Waals surface area (Å²) in [5.74, 6) is 0.0354. The molecule has 1 saturated heterocycles. The van der Waals surface area contributed by atoms with Crippen LogP contribution in [0.3, 0.4) is 0 Å². The first-order chi connectivity index (χ1) is 11.1. The fraction of sp³-hybridized carbons (Fsp3) is 0.263. The lowest BCUT2D eigenvalue weighted by Gasteiger charge is -2.32. The van der Waals surface area contributed by atoms with Crippen LogP contribution in [0.25, 0.3) is 11.1 Å². The van der Waals surface area contributed by atoms with Crippen LogP contribution in [-0.2, 0) is 0 Å². The Bertz CT molecular complexity index is 805. The highest BCUT2D eigenvalue weighted by Gasteiger charge is 2.28. The van der Waals surface area contributed by atoms with Crippen molar-refractivity contribution in [2.75, 3.05) is 33.2 Å². The van der Waals surface area contributed by atoms with E-state index in [2.05, 4.69) is 11.9 Å². The molecule has 116 valence electrons. The van der Waals surface area contributed by atoms with Crippen molar-refractivity contribution in [1.29, 1.82) is 0 Å². The average molecular weight is 306 g/mol. The van der Waals surface area contributed by atoms with Crippen molar-refractivity contribution >= 4 is 11.7 Å². The van der Waals surface area contributed by atoms with Gasteiger partial charge in [0, 0.05) is 42.9 Å². The lowest BCUT2D eigenvalue weighted by atomic mass is 10.0. The lowest BCUT2D eigenvalue weighted by molar-refractivity contribution is 0.0664. The van der Waals surface area contributed by atoms with Crippen LogP contribution in [0.5, 0.6) is 0 Å². The van der Waals surface area contributed by atoms with Crippen molar-refractivity contribution in [3.63, 3.8) is 0 Å². The summed E-state index contributed by atoms with van der Waals surface area (Å²) in [5, 5.41) is 0. The number of rotatable bonds is 1. The Balaban J connectivity index is 1.66. The van der Waals surface area contributed by atoms with Crippen LogP contribution in [0, 0.1) is 0 Å². The molecule has 23 heavy (non-hydrogen) atoms. The van der Waals surface area contributed by atoms with Gasteiger partial charge in [-0.2, -0.15) is 0 Å². The van der Waals surface area contributed by atoms with Crippen LogP contribution < -0.4 is 0 Å². The van der Waals surface area contributed by atoms with E-state index in [-0.39, 0.29) is 11.7 Å². The average Bonchev–Trinajstić information content (AvgIpc) is 2.88. The molecule has 0 bridgehead atoms. The van der Waals surface area contributed by atoms with E-state index in [1.165, 1.54) is 0 Å². The maximum Gasteiger partial charge on any atom is 0.253 e. The van der Waals surface area contributed by atoms with Gasteiger partial charge in [-0.25, -0.2) is 0 Å². The molecule has 0 unspecified atom stereocenters. The predicted molar refractivity (Wildman–Crippen MR) is 88.7 cm³/mol. The van der Waals surface area contributed by atoms with Gasteiger partial charge in [-0.05, 0) is 30.3 Å². The van der Waals surface area contributed by atoms with E-state index in [0.717, 1.165) is 42.9 Å². The minimum Gasteiger partial charge on any atom is -0.336 e. The largest absolute Gasteiger partial charge is 0.336 e. The maximum absolute atomic E-state index is 12.7. The second kappa shape index (κ2) is 5.32. The highest BCUT2D eigenvalue weighted by molar-refractivity contribution is 6.22. The molecule has 1 fully saturated rings. The van der Waals surface area contributed by atoms with Crippen molar-refractivity contribution in [1.82, 2.24) is 9.80 Å². The van der Waals surface area contributed by atoms with Gasteiger partial charge in [0.2, 0.25) is 0 Å². The van der Waals surface area contributed by atoms with Crippen molar-refractivity contribution in [3.05, 3.63) is 59.2 Å². The number of nitrogens with zero attached hydrogens (tertiary/aromatic N) is 2. The zero-order valence-electron chi connectivity index (χ0n) is 13.1. The van der Waals surface area contributed by atoms with E-state index < -0.39 is 0 Å². The molecule has 0 spiro atoms. The van der Waals surface area contributed by atoms with Gasteiger partial charge in [0.05, 0.1) is 0 Å². The molecule has 1 aliphatic heterocycles. The standard InChI is InChI=1S/C19H18N2O2/c1-20-8-10-21(11-9-20)19(23)13-6-7-15-14-4-2-3-5-16(14)18(22)17(15)12-13/h2-7,12H,8-11H2,1H3. The molecule has 2 aromatic carbocycles. The molecule has 0 aromatic heterocycles. The zero-order valence-corrected chi connectivity index (χ0v) is 13.1. The Morgan fingerprint density at radius 2 is 1.52 bits per heavy atom. The summed E-state index contributed by atoms with van der Waals surface area (Å²) in [5.41, 5.74) is 3.87.